The highest BCUT2D eigenvalue weighted by atomic mass is 35.5. The number of furan rings is 1. The highest BCUT2D eigenvalue weighted by Gasteiger charge is 2.09. The molecule has 0 bridgehead atoms. The summed E-state index contributed by atoms with van der Waals surface area (Å²) in [5.74, 6) is 2.47. The second-order valence-electron chi connectivity index (χ2n) is 5.00. The number of aromatic amines is 1. The first-order valence-electron chi connectivity index (χ1n) is 7.18. The van der Waals surface area contributed by atoms with E-state index in [1.165, 1.54) is 11.8 Å². The number of halogens is 1. The Labute approximate surface area is 148 Å². The van der Waals surface area contributed by atoms with Crippen LogP contribution in [0.4, 0.5) is 0 Å². The summed E-state index contributed by atoms with van der Waals surface area (Å²) in [4.78, 5) is 16.4. The average molecular weight is 360 g/mol. The first-order valence-corrected chi connectivity index (χ1v) is 8.55. The Kier molecular flexibility index (Phi) is 5.17. The van der Waals surface area contributed by atoms with Crippen LogP contribution in [-0.2, 0) is 0 Å². The Bertz CT molecular complexity index is 868. The van der Waals surface area contributed by atoms with E-state index in [-0.39, 0.29) is 11.5 Å². The van der Waals surface area contributed by atoms with E-state index in [1.54, 1.807) is 36.4 Å². The fourth-order valence-corrected chi connectivity index (χ4v) is 2.78. The topological polar surface area (TPSA) is 71.8 Å². The van der Waals surface area contributed by atoms with Gasteiger partial charge in [0.25, 0.3) is 0 Å². The molecule has 0 fully saturated rings. The zero-order valence-corrected chi connectivity index (χ0v) is 14.4. The summed E-state index contributed by atoms with van der Waals surface area (Å²) in [6.45, 7) is 1.89. The molecule has 2 aromatic heterocycles. The summed E-state index contributed by atoms with van der Waals surface area (Å²) in [6, 6.07) is 10.6. The molecular formula is C17H14ClN3O2S. The predicted octanol–water partition coefficient (Wildman–Crippen LogP) is 4.50. The van der Waals surface area contributed by atoms with Crippen molar-refractivity contribution in [2.45, 2.75) is 12.1 Å². The highest BCUT2D eigenvalue weighted by molar-refractivity contribution is 7.99. The number of aryl methyl sites for hydroxylation is 1. The van der Waals surface area contributed by atoms with Crippen LogP contribution in [0.5, 0.6) is 0 Å². The minimum Gasteiger partial charge on any atom is -0.462 e. The molecule has 0 aliphatic carbocycles. The minimum atomic E-state index is 0.00428. The normalized spacial score (nSPS) is 11.2. The first-order chi connectivity index (χ1) is 11.6. The van der Waals surface area contributed by atoms with Crippen molar-refractivity contribution in [1.29, 1.82) is 0 Å². The molecule has 0 saturated heterocycles. The lowest BCUT2D eigenvalue weighted by Crippen LogP contribution is -2.02. The van der Waals surface area contributed by atoms with E-state index in [4.69, 9.17) is 16.0 Å². The van der Waals surface area contributed by atoms with Gasteiger partial charge in [0.1, 0.15) is 17.3 Å². The van der Waals surface area contributed by atoms with Gasteiger partial charge in [-0.15, -0.1) is 5.10 Å². The molecule has 0 unspecified atom stereocenters. The number of aromatic nitrogens is 3. The maximum atomic E-state index is 12.1. The van der Waals surface area contributed by atoms with Crippen LogP contribution >= 0.6 is 23.4 Å². The smallest absolute Gasteiger partial charge is 0.209 e. The van der Waals surface area contributed by atoms with E-state index in [0.29, 0.717) is 21.6 Å². The van der Waals surface area contributed by atoms with Crippen LogP contribution in [0.3, 0.4) is 0 Å². The number of ketones is 1. The first kappa shape index (κ1) is 16.5. The summed E-state index contributed by atoms with van der Waals surface area (Å²) in [5, 5.41) is 8.03. The van der Waals surface area contributed by atoms with Crippen LogP contribution in [-0.4, -0.2) is 26.7 Å². The Hall–Kier alpha value is -2.31. The van der Waals surface area contributed by atoms with E-state index in [1.807, 2.05) is 19.1 Å². The fourth-order valence-electron chi connectivity index (χ4n) is 1.95. The lowest BCUT2D eigenvalue weighted by Gasteiger charge is -1.98. The van der Waals surface area contributed by atoms with Crippen LogP contribution in [0.15, 0.2) is 46.0 Å². The number of carbonyl (C=O) groups is 1. The molecule has 24 heavy (non-hydrogen) atoms. The summed E-state index contributed by atoms with van der Waals surface area (Å²) < 4.78 is 5.44. The molecule has 122 valence electrons. The van der Waals surface area contributed by atoms with E-state index < -0.39 is 0 Å². The molecule has 7 heteroatoms. The average Bonchev–Trinajstić information content (AvgIpc) is 3.20. The molecule has 0 radical (unpaired) electrons. The largest absolute Gasteiger partial charge is 0.462 e. The highest BCUT2D eigenvalue weighted by Crippen LogP contribution is 2.17. The van der Waals surface area contributed by atoms with Gasteiger partial charge in [0.05, 0.1) is 5.75 Å². The summed E-state index contributed by atoms with van der Waals surface area (Å²) in [6.07, 6.45) is 3.58. The number of nitrogens with one attached hydrogen (secondary N) is 1. The van der Waals surface area contributed by atoms with Crippen molar-refractivity contribution in [1.82, 2.24) is 15.2 Å². The Morgan fingerprint density at radius 1 is 1.25 bits per heavy atom. The Balaban J connectivity index is 1.57. The molecule has 0 saturated carbocycles. The van der Waals surface area contributed by atoms with Gasteiger partial charge in [-0.05, 0) is 55.5 Å². The molecule has 0 aliphatic heterocycles. The molecule has 1 aromatic carbocycles. The summed E-state index contributed by atoms with van der Waals surface area (Å²) in [7, 11) is 0. The molecule has 2 heterocycles. The number of carbonyl (C=O) groups excluding carboxylic acids is 1. The minimum absolute atomic E-state index is 0.00428. The van der Waals surface area contributed by atoms with Crippen LogP contribution in [0.1, 0.15) is 27.7 Å². The molecule has 3 rings (SSSR count). The number of thioether (sulfide) groups is 1. The molecule has 1 N–H and O–H groups in total. The maximum absolute atomic E-state index is 12.1. The van der Waals surface area contributed by atoms with E-state index in [9.17, 15) is 4.79 Å². The number of rotatable bonds is 6. The van der Waals surface area contributed by atoms with Gasteiger partial charge in [0.15, 0.2) is 5.78 Å². The number of benzene rings is 1. The number of H-pyrrole nitrogens is 1. The van der Waals surface area contributed by atoms with Crippen LogP contribution in [0, 0.1) is 6.92 Å². The zero-order chi connectivity index (χ0) is 16.9. The van der Waals surface area contributed by atoms with Gasteiger partial charge in [-0.2, -0.15) is 0 Å². The van der Waals surface area contributed by atoms with Gasteiger partial charge in [-0.3, -0.25) is 9.89 Å². The van der Waals surface area contributed by atoms with Gasteiger partial charge in [-0.25, -0.2) is 4.98 Å². The van der Waals surface area contributed by atoms with Crippen molar-refractivity contribution in [2.24, 2.45) is 0 Å². The van der Waals surface area contributed by atoms with Crippen LogP contribution in [0.2, 0.25) is 5.02 Å². The SMILES string of the molecule is Cc1ccc(/C=C/c2nc(SCC(=O)c3ccc(Cl)cc3)n[nH]2)o1. The Morgan fingerprint density at radius 2 is 2.04 bits per heavy atom. The number of Topliss-reactive ketones (excluding diaryl/α,β-unsaturated/α-hetero) is 1. The molecular weight excluding hydrogens is 346 g/mol. The third-order valence-electron chi connectivity index (χ3n) is 3.15. The second kappa shape index (κ2) is 7.51. The lowest BCUT2D eigenvalue weighted by molar-refractivity contribution is 0.102. The fraction of sp³-hybridized carbons (Fsp3) is 0.118. The standard InChI is InChI=1S/C17H14ClN3O2S/c1-11-2-7-14(23-11)8-9-16-19-17(21-20-16)24-10-15(22)12-3-5-13(18)6-4-12/h2-9H,10H2,1H3,(H,19,20,21)/b9-8+. The zero-order valence-electron chi connectivity index (χ0n) is 12.8. The molecule has 0 spiro atoms. The van der Waals surface area contributed by atoms with Gasteiger partial charge in [0.2, 0.25) is 5.16 Å². The van der Waals surface area contributed by atoms with Crippen molar-refractivity contribution >= 4 is 41.3 Å². The second-order valence-corrected chi connectivity index (χ2v) is 6.38. The third kappa shape index (κ3) is 4.37. The summed E-state index contributed by atoms with van der Waals surface area (Å²) >= 11 is 7.09. The quantitative estimate of drug-likeness (QED) is 0.518. The van der Waals surface area contributed by atoms with E-state index in [2.05, 4.69) is 15.2 Å². The van der Waals surface area contributed by atoms with Crippen molar-refractivity contribution < 1.29 is 9.21 Å². The molecule has 0 atom stereocenters. The van der Waals surface area contributed by atoms with Crippen LogP contribution in [0.25, 0.3) is 12.2 Å². The molecule has 3 aromatic rings. The molecule has 5 nitrogen and oxygen atoms in total. The van der Waals surface area contributed by atoms with Crippen LogP contribution < -0.4 is 0 Å². The van der Waals surface area contributed by atoms with Crippen molar-refractivity contribution in [2.75, 3.05) is 5.75 Å². The third-order valence-corrected chi connectivity index (χ3v) is 4.25. The number of hydrogen-bond donors (Lipinski definition) is 1. The predicted molar refractivity (Wildman–Crippen MR) is 95.3 cm³/mol. The van der Waals surface area contributed by atoms with E-state index >= 15 is 0 Å². The van der Waals surface area contributed by atoms with Crippen molar-refractivity contribution in [3.8, 4) is 0 Å². The van der Waals surface area contributed by atoms with Gasteiger partial charge in [-0.1, -0.05) is 23.4 Å². The van der Waals surface area contributed by atoms with Gasteiger partial charge in [0, 0.05) is 10.6 Å². The van der Waals surface area contributed by atoms with Crippen molar-refractivity contribution in [3.05, 3.63) is 64.3 Å². The maximum Gasteiger partial charge on any atom is 0.209 e. The van der Waals surface area contributed by atoms with Gasteiger partial charge < -0.3 is 4.42 Å². The Morgan fingerprint density at radius 3 is 2.75 bits per heavy atom. The summed E-state index contributed by atoms with van der Waals surface area (Å²) in [5.41, 5.74) is 0.621. The number of nitrogens with zero attached hydrogens (tertiary/aromatic N) is 2. The van der Waals surface area contributed by atoms with E-state index in [0.717, 1.165) is 11.5 Å². The van der Waals surface area contributed by atoms with Gasteiger partial charge >= 0.3 is 0 Å². The van der Waals surface area contributed by atoms with Crippen molar-refractivity contribution in [3.63, 3.8) is 0 Å². The number of hydrogen-bond acceptors (Lipinski definition) is 5. The molecule has 0 amide bonds. The monoisotopic (exact) mass is 359 g/mol. The molecule has 0 aliphatic rings. The lowest BCUT2D eigenvalue weighted by atomic mass is 10.1.